The molecule has 0 bridgehead atoms. The lowest BCUT2D eigenvalue weighted by Gasteiger charge is -2.31. The molecule has 1 aromatic carbocycles. The molecule has 2 atom stereocenters. The van der Waals surface area contributed by atoms with Crippen LogP contribution in [0.25, 0.3) is 0 Å². The van der Waals surface area contributed by atoms with Gasteiger partial charge in [0.25, 0.3) is 5.91 Å². The molecule has 2 aromatic rings. The first-order valence-corrected chi connectivity index (χ1v) is 11.8. The summed E-state index contributed by atoms with van der Waals surface area (Å²) in [5.41, 5.74) is 5.48. The Morgan fingerprint density at radius 3 is 2.48 bits per heavy atom. The summed E-state index contributed by atoms with van der Waals surface area (Å²) in [5, 5.41) is 6.85. The second-order valence-corrected chi connectivity index (χ2v) is 9.54. The normalized spacial score (nSPS) is 21.3. The fraction of sp³-hybridized carbons (Fsp3) is 0.538. The highest BCUT2D eigenvalue weighted by molar-refractivity contribution is 5.98. The summed E-state index contributed by atoms with van der Waals surface area (Å²) in [6, 6.07) is 10.5. The number of carbonyl (C=O) groups is 1. The van der Waals surface area contributed by atoms with E-state index in [2.05, 4.69) is 67.5 Å². The number of nitrogens with zero attached hydrogens (tertiary/aromatic N) is 2. The van der Waals surface area contributed by atoms with Crippen molar-refractivity contribution < 1.29 is 4.79 Å². The molecule has 2 saturated heterocycles. The number of amides is 1. The number of nitrogens with one attached hydrogen (secondary N) is 2. The zero-order chi connectivity index (χ0) is 22.0. The van der Waals surface area contributed by atoms with E-state index in [0.29, 0.717) is 17.8 Å². The summed E-state index contributed by atoms with van der Waals surface area (Å²) in [7, 11) is 0. The maximum Gasteiger partial charge on any atom is 0.253 e. The molecule has 1 aromatic heterocycles. The molecule has 2 unspecified atom stereocenters. The van der Waals surface area contributed by atoms with E-state index in [9.17, 15) is 4.79 Å². The van der Waals surface area contributed by atoms with Gasteiger partial charge in [0.05, 0.1) is 11.4 Å². The zero-order valence-corrected chi connectivity index (χ0v) is 19.3. The van der Waals surface area contributed by atoms with E-state index >= 15 is 0 Å². The lowest BCUT2D eigenvalue weighted by Crippen LogP contribution is -2.45. The van der Waals surface area contributed by atoms with Crippen molar-refractivity contribution in [2.45, 2.75) is 70.9 Å². The summed E-state index contributed by atoms with van der Waals surface area (Å²) in [5.74, 6) is 1.11. The van der Waals surface area contributed by atoms with Crippen LogP contribution in [0.15, 0.2) is 36.5 Å². The number of carbonyl (C=O) groups excluding carboxylic acids is 1. The SMILES string of the molecule is CC(C)c1cccc(C(C)C)c1C(=O)NC1CCCN1c1cccnc1C1CCNC1. The van der Waals surface area contributed by atoms with Gasteiger partial charge in [0.1, 0.15) is 6.17 Å². The van der Waals surface area contributed by atoms with E-state index in [4.69, 9.17) is 4.98 Å². The Hall–Kier alpha value is -2.40. The molecule has 0 saturated carbocycles. The predicted molar refractivity (Wildman–Crippen MR) is 127 cm³/mol. The largest absolute Gasteiger partial charge is 0.350 e. The van der Waals surface area contributed by atoms with Crippen LogP contribution in [-0.4, -0.2) is 36.7 Å². The maximum atomic E-state index is 13.6. The zero-order valence-electron chi connectivity index (χ0n) is 19.3. The molecule has 4 rings (SSSR count). The number of aromatic nitrogens is 1. The van der Waals surface area contributed by atoms with E-state index in [0.717, 1.165) is 55.6 Å². The van der Waals surface area contributed by atoms with Crippen LogP contribution in [0.1, 0.15) is 91.9 Å². The highest BCUT2D eigenvalue weighted by Crippen LogP contribution is 2.34. The van der Waals surface area contributed by atoms with Gasteiger partial charge in [0.15, 0.2) is 0 Å². The van der Waals surface area contributed by atoms with Gasteiger partial charge in [0, 0.05) is 30.8 Å². The number of rotatable bonds is 6. The fourth-order valence-corrected chi connectivity index (χ4v) is 5.10. The van der Waals surface area contributed by atoms with Gasteiger partial charge >= 0.3 is 0 Å². The molecular formula is C26H36N4O. The van der Waals surface area contributed by atoms with Gasteiger partial charge in [-0.05, 0) is 60.9 Å². The number of hydrogen-bond acceptors (Lipinski definition) is 4. The third-order valence-electron chi connectivity index (χ3n) is 6.72. The molecule has 3 heterocycles. The van der Waals surface area contributed by atoms with Crippen LogP contribution < -0.4 is 15.5 Å². The molecule has 166 valence electrons. The van der Waals surface area contributed by atoms with Crippen molar-refractivity contribution in [2.24, 2.45) is 0 Å². The molecule has 1 amide bonds. The van der Waals surface area contributed by atoms with Gasteiger partial charge in [-0.3, -0.25) is 9.78 Å². The van der Waals surface area contributed by atoms with E-state index in [1.54, 1.807) is 0 Å². The highest BCUT2D eigenvalue weighted by Gasteiger charge is 2.32. The van der Waals surface area contributed by atoms with Crippen molar-refractivity contribution >= 4 is 11.6 Å². The minimum atomic E-state index is 0.00467. The van der Waals surface area contributed by atoms with Crippen LogP contribution in [0.3, 0.4) is 0 Å². The van der Waals surface area contributed by atoms with Crippen molar-refractivity contribution in [2.75, 3.05) is 24.5 Å². The Morgan fingerprint density at radius 1 is 1.10 bits per heavy atom. The van der Waals surface area contributed by atoms with Crippen molar-refractivity contribution in [3.8, 4) is 0 Å². The summed E-state index contributed by atoms with van der Waals surface area (Å²) in [6.45, 7) is 11.6. The summed E-state index contributed by atoms with van der Waals surface area (Å²) in [6.07, 6.45) is 5.06. The highest BCUT2D eigenvalue weighted by atomic mass is 16.1. The Morgan fingerprint density at radius 2 is 1.84 bits per heavy atom. The number of anilines is 1. The number of benzene rings is 1. The van der Waals surface area contributed by atoms with Crippen LogP contribution in [-0.2, 0) is 0 Å². The molecule has 0 spiro atoms. The monoisotopic (exact) mass is 420 g/mol. The van der Waals surface area contributed by atoms with Crippen LogP contribution in [0, 0.1) is 0 Å². The third-order valence-corrected chi connectivity index (χ3v) is 6.72. The summed E-state index contributed by atoms with van der Waals surface area (Å²) in [4.78, 5) is 20.7. The van der Waals surface area contributed by atoms with Gasteiger partial charge in [0.2, 0.25) is 0 Å². The van der Waals surface area contributed by atoms with Crippen LogP contribution >= 0.6 is 0 Å². The number of hydrogen-bond donors (Lipinski definition) is 2. The fourth-order valence-electron chi connectivity index (χ4n) is 5.10. The van der Waals surface area contributed by atoms with Crippen molar-refractivity contribution in [1.82, 2.24) is 15.6 Å². The first-order valence-electron chi connectivity index (χ1n) is 11.8. The van der Waals surface area contributed by atoms with Gasteiger partial charge in [-0.2, -0.15) is 0 Å². The Labute approximate surface area is 186 Å². The van der Waals surface area contributed by atoms with E-state index in [1.165, 1.54) is 11.4 Å². The molecule has 2 aliphatic rings. The quantitative estimate of drug-likeness (QED) is 0.707. The van der Waals surface area contributed by atoms with Crippen molar-refractivity contribution in [3.05, 3.63) is 58.9 Å². The number of pyridine rings is 1. The first kappa shape index (κ1) is 21.8. The first-order chi connectivity index (χ1) is 15.0. The van der Waals surface area contributed by atoms with E-state index < -0.39 is 0 Å². The second-order valence-electron chi connectivity index (χ2n) is 9.54. The van der Waals surface area contributed by atoms with Gasteiger partial charge in [-0.25, -0.2) is 0 Å². The topological polar surface area (TPSA) is 57.3 Å². The Kier molecular flexibility index (Phi) is 6.61. The minimum absolute atomic E-state index is 0.00467. The smallest absolute Gasteiger partial charge is 0.253 e. The molecular weight excluding hydrogens is 384 g/mol. The van der Waals surface area contributed by atoms with Crippen LogP contribution in [0.4, 0.5) is 5.69 Å². The van der Waals surface area contributed by atoms with Gasteiger partial charge in [-0.1, -0.05) is 45.9 Å². The summed E-state index contributed by atoms with van der Waals surface area (Å²) >= 11 is 0. The maximum absolute atomic E-state index is 13.6. The van der Waals surface area contributed by atoms with Crippen LogP contribution in [0.2, 0.25) is 0 Å². The Balaban J connectivity index is 1.62. The average Bonchev–Trinajstić information content (AvgIpc) is 3.45. The average molecular weight is 421 g/mol. The Bertz CT molecular complexity index is 891. The standard InChI is InChI=1S/C26H36N4O/c1-17(2)20-8-5-9-21(18(3)4)24(20)26(31)29-23-11-7-15-30(23)22-10-6-13-28-25(22)19-12-14-27-16-19/h5-6,8-10,13,17-19,23,27H,7,11-12,14-16H2,1-4H3,(H,29,31). The van der Waals surface area contributed by atoms with E-state index in [1.807, 2.05) is 12.3 Å². The van der Waals surface area contributed by atoms with Crippen LogP contribution in [0.5, 0.6) is 0 Å². The van der Waals surface area contributed by atoms with Crippen molar-refractivity contribution in [1.29, 1.82) is 0 Å². The molecule has 5 nitrogen and oxygen atoms in total. The van der Waals surface area contributed by atoms with Gasteiger partial charge in [-0.15, -0.1) is 0 Å². The molecule has 0 radical (unpaired) electrons. The molecule has 5 heteroatoms. The molecule has 2 N–H and O–H groups in total. The summed E-state index contributed by atoms with van der Waals surface area (Å²) < 4.78 is 0. The van der Waals surface area contributed by atoms with Crippen molar-refractivity contribution in [3.63, 3.8) is 0 Å². The molecule has 2 fully saturated rings. The molecule has 2 aliphatic heterocycles. The predicted octanol–water partition coefficient (Wildman–Crippen LogP) is 4.76. The lowest BCUT2D eigenvalue weighted by atomic mass is 9.88. The lowest BCUT2D eigenvalue weighted by molar-refractivity contribution is 0.0935. The molecule has 31 heavy (non-hydrogen) atoms. The third kappa shape index (κ3) is 4.47. The van der Waals surface area contributed by atoms with E-state index in [-0.39, 0.29) is 12.1 Å². The second kappa shape index (κ2) is 9.39. The molecule has 0 aliphatic carbocycles. The minimum Gasteiger partial charge on any atom is -0.350 e. The van der Waals surface area contributed by atoms with Gasteiger partial charge < -0.3 is 15.5 Å².